The predicted molar refractivity (Wildman–Crippen MR) is 85.5 cm³/mol. The van der Waals surface area contributed by atoms with Crippen molar-refractivity contribution in [2.24, 2.45) is 5.92 Å². The number of hydrogen-bond donors (Lipinski definition) is 1. The van der Waals surface area contributed by atoms with Crippen LogP contribution in [0.25, 0.3) is 0 Å². The molecule has 2 aliphatic rings. The topological polar surface area (TPSA) is 72.1 Å². The van der Waals surface area contributed by atoms with Crippen LogP contribution in [0, 0.1) is 12.8 Å². The molecule has 0 spiro atoms. The summed E-state index contributed by atoms with van der Waals surface area (Å²) < 4.78 is 0. The van der Waals surface area contributed by atoms with Crippen LogP contribution in [0.2, 0.25) is 0 Å². The SMILES string of the molecule is Cc1ccc([C@H]2C[C@@H]2C(=O)N2CCc3nnc(N)cc3C2)s1. The second-order valence-corrected chi connectivity index (χ2v) is 7.47. The summed E-state index contributed by atoms with van der Waals surface area (Å²) in [5.41, 5.74) is 7.71. The van der Waals surface area contributed by atoms with E-state index in [4.69, 9.17) is 5.73 Å². The zero-order valence-electron chi connectivity index (χ0n) is 12.5. The Bertz CT molecular complexity index is 741. The molecule has 0 unspecified atom stereocenters. The third-order valence-corrected chi connectivity index (χ3v) is 5.64. The summed E-state index contributed by atoms with van der Waals surface area (Å²) in [5.74, 6) is 1.28. The van der Waals surface area contributed by atoms with Crippen LogP contribution in [0.5, 0.6) is 0 Å². The maximum Gasteiger partial charge on any atom is 0.226 e. The Morgan fingerprint density at radius 3 is 3.05 bits per heavy atom. The van der Waals surface area contributed by atoms with Gasteiger partial charge in [0.1, 0.15) is 5.82 Å². The van der Waals surface area contributed by atoms with E-state index in [9.17, 15) is 4.79 Å². The van der Waals surface area contributed by atoms with Crippen LogP contribution in [0.15, 0.2) is 18.2 Å². The normalized spacial score (nSPS) is 23.2. The molecular weight excluding hydrogens is 296 g/mol. The quantitative estimate of drug-likeness (QED) is 0.921. The molecule has 0 bridgehead atoms. The van der Waals surface area contributed by atoms with Crippen molar-refractivity contribution < 1.29 is 4.79 Å². The lowest BCUT2D eigenvalue weighted by molar-refractivity contribution is -0.133. The molecule has 1 fully saturated rings. The molecule has 2 aromatic rings. The Balaban J connectivity index is 1.46. The van der Waals surface area contributed by atoms with Crippen LogP contribution in [-0.2, 0) is 17.8 Å². The van der Waals surface area contributed by atoms with Crippen LogP contribution >= 0.6 is 11.3 Å². The van der Waals surface area contributed by atoms with Gasteiger partial charge in [0.25, 0.3) is 0 Å². The number of aryl methyl sites for hydroxylation is 1. The first-order chi connectivity index (χ1) is 10.6. The summed E-state index contributed by atoms with van der Waals surface area (Å²) in [6, 6.07) is 6.15. The molecule has 1 amide bonds. The predicted octanol–water partition coefficient (Wildman–Crippen LogP) is 2.12. The van der Waals surface area contributed by atoms with Gasteiger partial charge in [0.15, 0.2) is 0 Å². The van der Waals surface area contributed by atoms with Gasteiger partial charge < -0.3 is 10.6 Å². The molecule has 5 nitrogen and oxygen atoms in total. The van der Waals surface area contributed by atoms with Crippen LogP contribution in [0.4, 0.5) is 5.82 Å². The van der Waals surface area contributed by atoms with Crippen LogP contribution in [0.1, 0.15) is 33.4 Å². The number of carbonyl (C=O) groups excluding carboxylic acids is 1. The van der Waals surface area contributed by atoms with Crippen molar-refractivity contribution in [1.29, 1.82) is 0 Å². The fourth-order valence-electron chi connectivity index (χ4n) is 3.20. The minimum absolute atomic E-state index is 0.159. The van der Waals surface area contributed by atoms with Gasteiger partial charge >= 0.3 is 0 Å². The van der Waals surface area contributed by atoms with Gasteiger partial charge in [0.2, 0.25) is 5.91 Å². The molecule has 2 atom stereocenters. The van der Waals surface area contributed by atoms with E-state index in [-0.39, 0.29) is 11.8 Å². The lowest BCUT2D eigenvalue weighted by Gasteiger charge is -2.28. The van der Waals surface area contributed by atoms with Crippen molar-refractivity contribution in [3.05, 3.63) is 39.2 Å². The number of fused-ring (bicyclic) bond motifs is 1. The molecule has 4 rings (SSSR count). The van der Waals surface area contributed by atoms with Crippen molar-refractivity contribution >= 4 is 23.1 Å². The zero-order chi connectivity index (χ0) is 15.3. The van der Waals surface area contributed by atoms with Gasteiger partial charge in [-0.15, -0.1) is 16.4 Å². The number of amides is 1. The minimum Gasteiger partial charge on any atom is -0.382 e. The number of nitrogens with two attached hydrogens (primary N) is 1. The number of thiophene rings is 1. The summed E-state index contributed by atoms with van der Waals surface area (Å²) in [6.07, 6.45) is 1.75. The largest absolute Gasteiger partial charge is 0.382 e. The summed E-state index contributed by atoms with van der Waals surface area (Å²) in [6.45, 7) is 3.46. The molecule has 1 saturated carbocycles. The highest BCUT2D eigenvalue weighted by Crippen LogP contribution is 2.50. The van der Waals surface area contributed by atoms with Crippen molar-refractivity contribution in [1.82, 2.24) is 15.1 Å². The van der Waals surface area contributed by atoms with Gasteiger partial charge in [-0.1, -0.05) is 0 Å². The first-order valence-electron chi connectivity index (χ1n) is 7.58. The summed E-state index contributed by atoms with van der Waals surface area (Å²) in [4.78, 5) is 17.3. The number of nitrogens with zero attached hydrogens (tertiary/aromatic N) is 3. The highest BCUT2D eigenvalue weighted by Gasteiger charge is 2.46. The maximum atomic E-state index is 12.7. The Kier molecular flexibility index (Phi) is 3.14. The summed E-state index contributed by atoms with van der Waals surface area (Å²) in [5, 5.41) is 8.02. The van der Waals surface area contributed by atoms with E-state index in [1.54, 1.807) is 0 Å². The van der Waals surface area contributed by atoms with E-state index < -0.39 is 0 Å². The minimum atomic E-state index is 0.159. The van der Waals surface area contributed by atoms with Crippen LogP contribution in [-0.4, -0.2) is 27.5 Å². The Morgan fingerprint density at radius 2 is 2.27 bits per heavy atom. The number of nitrogen functional groups attached to an aromatic ring is 1. The van der Waals surface area contributed by atoms with E-state index in [2.05, 4.69) is 29.3 Å². The molecule has 1 aliphatic heterocycles. The van der Waals surface area contributed by atoms with Crippen molar-refractivity contribution in [3.63, 3.8) is 0 Å². The van der Waals surface area contributed by atoms with Crippen molar-refractivity contribution in [3.8, 4) is 0 Å². The molecular formula is C16H18N4OS. The van der Waals surface area contributed by atoms with E-state index >= 15 is 0 Å². The fraction of sp³-hybridized carbons (Fsp3) is 0.438. The third-order valence-electron chi connectivity index (χ3n) is 4.50. The second-order valence-electron chi connectivity index (χ2n) is 6.15. The van der Waals surface area contributed by atoms with Gasteiger partial charge in [-0.05, 0) is 37.1 Å². The number of aromatic nitrogens is 2. The highest BCUT2D eigenvalue weighted by molar-refractivity contribution is 7.12. The maximum absolute atomic E-state index is 12.7. The number of anilines is 1. The fourth-order valence-corrected chi connectivity index (χ4v) is 4.26. The van der Waals surface area contributed by atoms with Gasteiger partial charge in [0.05, 0.1) is 5.69 Å². The summed E-state index contributed by atoms with van der Waals surface area (Å²) >= 11 is 1.81. The lowest BCUT2D eigenvalue weighted by Crippen LogP contribution is -2.37. The number of carbonyl (C=O) groups is 1. The third kappa shape index (κ3) is 2.37. The van der Waals surface area contributed by atoms with Gasteiger partial charge in [-0.2, -0.15) is 5.10 Å². The monoisotopic (exact) mass is 314 g/mol. The molecule has 3 heterocycles. The Morgan fingerprint density at radius 1 is 1.41 bits per heavy atom. The van der Waals surface area contributed by atoms with Crippen LogP contribution < -0.4 is 5.73 Å². The summed E-state index contributed by atoms with van der Waals surface area (Å²) in [7, 11) is 0. The van der Waals surface area contributed by atoms with E-state index in [0.29, 0.717) is 18.3 Å². The number of hydrogen-bond acceptors (Lipinski definition) is 5. The van der Waals surface area contributed by atoms with E-state index in [1.807, 2.05) is 22.3 Å². The zero-order valence-corrected chi connectivity index (χ0v) is 13.3. The lowest BCUT2D eigenvalue weighted by atomic mass is 10.1. The molecule has 2 aromatic heterocycles. The molecule has 0 radical (unpaired) electrons. The molecule has 1 aliphatic carbocycles. The molecule has 22 heavy (non-hydrogen) atoms. The van der Waals surface area contributed by atoms with Gasteiger partial charge in [0, 0.05) is 41.1 Å². The average Bonchev–Trinajstić information content (AvgIpc) is 3.20. The Labute approximate surface area is 133 Å². The second kappa shape index (κ2) is 5.05. The van der Waals surface area contributed by atoms with E-state index in [1.165, 1.54) is 9.75 Å². The van der Waals surface area contributed by atoms with E-state index in [0.717, 1.165) is 30.6 Å². The molecule has 0 aromatic carbocycles. The molecule has 2 N–H and O–H groups in total. The first-order valence-corrected chi connectivity index (χ1v) is 8.39. The average molecular weight is 314 g/mol. The van der Waals surface area contributed by atoms with Gasteiger partial charge in [-0.3, -0.25) is 4.79 Å². The smallest absolute Gasteiger partial charge is 0.226 e. The standard InChI is InChI=1S/C16H18N4OS/c1-9-2-3-14(22-9)11-7-12(11)16(21)20-5-4-13-10(8-20)6-15(17)19-18-13/h2-3,6,11-12H,4-5,7-8H2,1H3,(H2,17,19)/t11-,12-/m0/s1. The van der Waals surface area contributed by atoms with Crippen molar-refractivity contribution in [2.45, 2.75) is 32.2 Å². The van der Waals surface area contributed by atoms with Crippen LogP contribution in [0.3, 0.4) is 0 Å². The molecule has 0 saturated heterocycles. The molecule has 6 heteroatoms. The Hall–Kier alpha value is -1.95. The highest BCUT2D eigenvalue weighted by atomic mass is 32.1. The first kappa shape index (κ1) is 13.7. The molecule has 114 valence electrons. The number of rotatable bonds is 2. The van der Waals surface area contributed by atoms with Crippen molar-refractivity contribution in [2.75, 3.05) is 12.3 Å². The van der Waals surface area contributed by atoms with Gasteiger partial charge in [-0.25, -0.2) is 0 Å².